The highest BCUT2D eigenvalue weighted by Crippen LogP contribution is 2.23. The van der Waals surface area contributed by atoms with Crippen LogP contribution in [0.2, 0.25) is 0 Å². The number of nitriles is 1. The van der Waals surface area contributed by atoms with Crippen LogP contribution in [0.25, 0.3) is 0 Å². The SMILES string of the molecule is Cc1cc(Nc2ccc(NS(=O)(=O)c3ccccc3C#N)cc2)nc(N2CCOCC2)n1. The van der Waals surface area contributed by atoms with E-state index in [1.165, 1.54) is 12.1 Å². The van der Waals surface area contributed by atoms with Gasteiger partial charge in [-0.3, -0.25) is 4.72 Å². The minimum atomic E-state index is -3.88. The number of sulfonamides is 1. The molecule has 3 aromatic rings. The molecule has 1 saturated heterocycles. The molecular formula is C22H22N6O3S. The molecule has 0 amide bonds. The molecule has 0 unspecified atom stereocenters. The average Bonchev–Trinajstić information content (AvgIpc) is 2.80. The maximum absolute atomic E-state index is 12.7. The van der Waals surface area contributed by atoms with Gasteiger partial charge in [0.15, 0.2) is 0 Å². The Morgan fingerprint density at radius 2 is 1.72 bits per heavy atom. The fraction of sp³-hybridized carbons (Fsp3) is 0.227. The number of hydrogen-bond donors (Lipinski definition) is 2. The number of morpholine rings is 1. The van der Waals surface area contributed by atoms with Gasteiger partial charge in [0.05, 0.1) is 18.8 Å². The number of nitrogens with one attached hydrogen (secondary N) is 2. The molecular weight excluding hydrogens is 428 g/mol. The van der Waals surface area contributed by atoms with Crippen molar-refractivity contribution in [2.24, 2.45) is 0 Å². The van der Waals surface area contributed by atoms with Crippen LogP contribution in [-0.4, -0.2) is 44.7 Å². The summed E-state index contributed by atoms with van der Waals surface area (Å²) in [6.07, 6.45) is 0. The summed E-state index contributed by atoms with van der Waals surface area (Å²) in [7, 11) is -3.88. The fourth-order valence-electron chi connectivity index (χ4n) is 3.29. The first-order valence-electron chi connectivity index (χ1n) is 10.0. The number of aromatic nitrogens is 2. The molecule has 0 atom stereocenters. The molecule has 2 heterocycles. The van der Waals surface area contributed by atoms with E-state index in [1.807, 2.05) is 19.1 Å². The van der Waals surface area contributed by atoms with Gasteiger partial charge in [-0.1, -0.05) is 12.1 Å². The van der Waals surface area contributed by atoms with Gasteiger partial charge in [-0.05, 0) is 43.3 Å². The number of aryl methyl sites for hydroxylation is 1. The lowest BCUT2D eigenvalue weighted by Crippen LogP contribution is -2.37. The minimum Gasteiger partial charge on any atom is -0.378 e. The molecule has 2 aromatic carbocycles. The van der Waals surface area contributed by atoms with Crippen molar-refractivity contribution >= 4 is 33.2 Å². The number of anilines is 4. The fourth-order valence-corrected chi connectivity index (χ4v) is 4.51. The van der Waals surface area contributed by atoms with Crippen LogP contribution in [0, 0.1) is 18.3 Å². The molecule has 0 saturated carbocycles. The van der Waals surface area contributed by atoms with Gasteiger partial charge in [-0.2, -0.15) is 10.2 Å². The Kier molecular flexibility index (Phi) is 6.20. The van der Waals surface area contributed by atoms with Crippen molar-refractivity contribution in [2.45, 2.75) is 11.8 Å². The first kappa shape index (κ1) is 21.5. The molecule has 1 aliphatic heterocycles. The second kappa shape index (κ2) is 9.21. The van der Waals surface area contributed by atoms with Crippen molar-refractivity contribution in [1.29, 1.82) is 5.26 Å². The normalized spacial score (nSPS) is 13.9. The Hall–Kier alpha value is -3.68. The quantitative estimate of drug-likeness (QED) is 0.588. The summed E-state index contributed by atoms with van der Waals surface area (Å²) < 4.78 is 33.2. The van der Waals surface area contributed by atoms with Crippen LogP contribution in [0.15, 0.2) is 59.5 Å². The summed E-state index contributed by atoms with van der Waals surface area (Å²) in [5, 5.41) is 12.4. The van der Waals surface area contributed by atoms with Crippen LogP contribution in [-0.2, 0) is 14.8 Å². The predicted molar refractivity (Wildman–Crippen MR) is 121 cm³/mol. The van der Waals surface area contributed by atoms with E-state index in [2.05, 4.69) is 24.9 Å². The average molecular weight is 451 g/mol. The van der Waals surface area contributed by atoms with Crippen molar-refractivity contribution in [3.8, 4) is 6.07 Å². The van der Waals surface area contributed by atoms with Gasteiger partial charge in [0, 0.05) is 36.2 Å². The van der Waals surface area contributed by atoms with Crippen LogP contribution < -0.4 is 14.9 Å². The largest absolute Gasteiger partial charge is 0.378 e. The molecule has 0 radical (unpaired) electrons. The molecule has 32 heavy (non-hydrogen) atoms. The second-order valence-corrected chi connectivity index (χ2v) is 8.86. The topological polar surface area (TPSA) is 120 Å². The number of benzene rings is 2. The highest BCUT2D eigenvalue weighted by Gasteiger charge is 2.18. The summed E-state index contributed by atoms with van der Waals surface area (Å²) in [5.74, 6) is 1.30. The molecule has 2 N–H and O–H groups in total. The van der Waals surface area contributed by atoms with Gasteiger partial charge in [-0.15, -0.1) is 0 Å². The van der Waals surface area contributed by atoms with Gasteiger partial charge < -0.3 is 15.0 Å². The van der Waals surface area contributed by atoms with Crippen molar-refractivity contribution in [2.75, 3.05) is 41.2 Å². The zero-order valence-corrected chi connectivity index (χ0v) is 18.3. The third kappa shape index (κ3) is 4.96. The summed E-state index contributed by atoms with van der Waals surface area (Å²) in [5.41, 5.74) is 2.06. The maximum atomic E-state index is 12.7. The summed E-state index contributed by atoms with van der Waals surface area (Å²) in [4.78, 5) is 11.1. The molecule has 0 spiro atoms. The molecule has 1 aliphatic rings. The first-order chi connectivity index (χ1) is 15.4. The zero-order chi connectivity index (χ0) is 22.6. The number of nitrogens with zero attached hydrogens (tertiary/aromatic N) is 4. The number of hydrogen-bond acceptors (Lipinski definition) is 8. The van der Waals surface area contributed by atoms with Crippen LogP contribution in [0.3, 0.4) is 0 Å². The lowest BCUT2D eigenvalue weighted by Gasteiger charge is -2.27. The van der Waals surface area contributed by atoms with Gasteiger partial charge in [0.1, 0.15) is 16.8 Å². The van der Waals surface area contributed by atoms with Crippen LogP contribution in [0.1, 0.15) is 11.3 Å². The summed E-state index contributed by atoms with van der Waals surface area (Å²) in [6, 6.07) is 16.6. The lowest BCUT2D eigenvalue weighted by molar-refractivity contribution is 0.122. The van der Waals surface area contributed by atoms with E-state index in [1.54, 1.807) is 36.4 Å². The predicted octanol–water partition coefficient (Wildman–Crippen LogP) is 3.04. The molecule has 10 heteroatoms. The Labute approximate surface area is 186 Å². The highest BCUT2D eigenvalue weighted by atomic mass is 32.2. The van der Waals surface area contributed by atoms with Crippen molar-refractivity contribution < 1.29 is 13.2 Å². The first-order valence-corrected chi connectivity index (χ1v) is 11.5. The minimum absolute atomic E-state index is 0.0585. The van der Waals surface area contributed by atoms with E-state index >= 15 is 0 Å². The molecule has 164 valence electrons. The molecule has 0 bridgehead atoms. The van der Waals surface area contributed by atoms with E-state index in [4.69, 9.17) is 4.74 Å². The van der Waals surface area contributed by atoms with Gasteiger partial charge in [0.25, 0.3) is 10.0 Å². The second-order valence-electron chi connectivity index (χ2n) is 7.21. The molecule has 1 fully saturated rings. The van der Waals surface area contributed by atoms with E-state index in [0.717, 1.165) is 24.5 Å². The van der Waals surface area contributed by atoms with Gasteiger partial charge in [0.2, 0.25) is 5.95 Å². The third-order valence-corrected chi connectivity index (χ3v) is 6.28. The van der Waals surface area contributed by atoms with Gasteiger partial charge in [-0.25, -0.2) is 13.4 Å². The Balaban J connectivity index is 1.49. The maximum Gasteiger partial charge on any atom is 0.263 e. The molecule has 0 aliphatic carbocycles. The smallest absolute Gasteiger partial charge is 0.263 e. The number of ether oxygens (including phenoxy) is 1. The standard InChI is InChI=1S/C22H22N6O3S/c1-16-14-21(26-22(24-16)28-10-12-31-13-11-28)25-18-6-8-19(9-7-18)27-32(29,30)20-5-3-2-4-17(20)15-23/h2-9,14,27H,10-13H2,1H3,(H,24,25,26). The number of rotatable bonds is 6. The molecule has 9 nitrogen and oxygen atoms in total. The Bertz CT molecular complexity index is 1250. The summed E-state index contributed by atoms with van der Waals surface area (Å²) in [6.45, 7) is 4.69. The van der Waals surface area contributed by atoms with Gasteiger partial charge >= 0.3 is 0 Å². The van der Waals surface area contributed by atoms with E-state index < -0.39 is 10.0 Å². The lowest BCUT2D eigenvalue weighted by atomic mass is 10.2. The van der Waals surface area contributed by atoms with Crippen molar-refractivity contribution in [1.82, 2.24) is 9.97 Å². The van der Waals surface area contributed by atoms with Crippen LogP contribution >= 0.6 is 0 Å². The van der Waals surface area contributed by atoms with E-state index in [-0.39, 0.29) is 10.5 Å². The van der Waals surface area contributed by atoms with Crippen LogP contribution in [0.4, 0.5) is 23.1 Å². The molecule has 4 rings (SSSR count). The Morgan fingerprint density at radius 3 is 2.44 bits per heavy atom. The highest BCUT2D eigenvalue weighted by molar-refractivity contribution is 7.92. The van der Waals surface area contributed by atoms with Crippen molar-refractivity contribution in [3.63, 3.8) is 0 Å². The van der Waals surface area contributed by atoms with Crippen LogP contribution in [0.5, 0.6) is 0 Å². The van der Waals surface area contributed by atoms with E-state index in [0.29, 0.717) is 30.7 Å². The zero-order valence-electron chi connectivity index (χ0n) is 17.4. The Morgan fingerprint density at radius 1 is 1.03 bits per heavy atom. The third-order valence-electron chi connectivity index (χ3n) is 4.84. The van der Waals surface area contributed by atoms with E-state index in [9.17, 15) is 13.7 Å². The summed E-state index contributed by atoms with van der Waals surface area (Å²) >= 11 is 0. The van der Waals surface area contributed by atoms with Crippen molar-refractivity contribution in [3.05, 3.63) is 65.9 Å². The monoisotopic (exact) mass is 450 g/mol. The molecule has 1 aromatic heterocycles.